The Morgan fingerprint density at radius 2 is 0.639 bits per heavy atom. The molecule has 0 N–H and O–H groups in total. The first kappa shape index (κ1) is 46.5. The van der Waals surface area contributed by atoms with Gasteiger partial charge in [-0.2, -0.15) is 0 Å². The highest BCUT2D eigenvalue weighted by Gasteiger charge is 2.31. The zero-order chi connectivity index (χ0) is 54.7. The van der Waals surface area contributed by atoms with E-state index in [9.17, 15) is 4.91 Å². The summed E-state index contributed by atoms with van der Waals surface area (Å²) in [6.07, 6.45) is 0. The third-order valence-corrected chi connectivity index (χ3v) is 16.7. The molecule has 9 heteroatoms. The van der Waals surface area contributed by atoms with E-state index < -0.39 is 0 Å². The van der Waals surface area contributed by atoms with Gasteiger partial charge in [0.2, 0.25) is 11.6 Å². The Morgan fingerprint density at radius 3 is 1.06 bits per heavy atom. The van der Waals surface area contributed by atoms with E-state index in [2.05, 4.69) is 270 Å². The Bertz CT molecular complexity index is 5390. The molecule has 0 atom stereocenters. The first-order chi connectivity index (χ1) is 41.1. The Balaban J connectivity index is 1.07. The molecule has 17 aromatic rings. The molecule has 0 fully saturated rings. The molecule has 0 amide bonds. The molecule has 0 aliphatic heterocycles. The van der Waals surface area contributed by atoms with Gasteiger partial charge in [-0.05, 0) is 122 Å². The van der Waals surface area contributed by atoms with E-state index in [0.29, 0.717) is 28.5 Å². The van der Waals surface area contributed by atoms with Crippen molar-refractivity contribution in [1.29, 1.82) is 0 Å². The van der Waals surface area contributed by atoms with E-state index in [1.807, 2.05) is 36.4 Å². The second-order valence-corrected chi connectivity index (χ2v) is 21.3. The van der Waals surface area contributed by atoms with Crippen LogP contribution in [0.15, 0.2) is 284 Å². The number of hydrogen-bond acceptors (Lipinski definition) is 4. The van der Waals surface area contributed by atoms with Crippen molar-refractivity contribution < 1.29 is 0 Å². The van der Waals surface area contributed by atoms with Crippen LogP contribution in [0.1, 0.15) is 0 Å². The van der Waals surface area contributed by atoms with E-state index in [0.717, 1.165) is 122 Å². The molecule has 0 bridgehead atoms. The van der Waals surface area contributed by atoms with Crippen LogP contribution in [0.3, 0.4) is 0 Å². The molecule has 9 nitrogen and oxygen atoms in total. The number of benzene rings is 12. The van der Waals surface area contributed by atoms with Gasteiger partial charge in [0, 0.05) is 16.3 Å². The minimum absolute atomic E-state index is 0.266. The Hall–Kier alpha value is -11.4. The quantitative estimate of drug-likeness (QED) is 0.135. The first-order valence-corrected chi connectivity index (χ1v) is 27.9. The minimum Gasteiger partial charge on any atom is -0.305 e. The van der Waals surface area contributed by atoms with Crippen molar-refractivity contribution in [3.63, 3.8) is 0 Å². The molecule has 5 aromatic heterocycles. The number of rotatable bonds is 9. The van der Waals surface area contributed by atoms with Gasteiger partial charge in [-0.3, -0.25) is 17.9 Å². The second kappa shape index (κ2) is 18.3. The van der Waals surface area contributed by atoms with Crippen molar-refractivity contribution in [3.8, 4) is 72.7 Å². The fourth-order valence-electron chi connectivity index (χ4n) is 13.0. The molecule has 0 saturated heterocycles. The first-order valence-electron chi connectivity index (χ1n) is 27.9. The lowest BCUT2D eigenvalue weighted by atomic mass is 9.98. The van der Waals surface area contributed by atoms with Crippen LogP contribution in [-0.2, 0) is 0 Å². The topological polar surface area (TPSA) is 78.8 Å². The predicted molar refractivity (Wildman–Crippen MR) is 340 cm³/mol. The van der Waals surface area contributed by atoms with Crippen LogP contribution in [0.5, 0.6) is 0 Å². The summed E-state index contributed by atoms with van der Waals surface area (Å²) in [5, 5.41) is 6.42. The summed E-state index contributed by atoms with van der Waals surface area (Å²) < 4.78 is 11.3. The second-order valence-electron chi connectivity index (χ2n) is 21.3. The summed E-state index contributed by atoms with van der Waals surface area (Å²) >= 11 is 0. The van der Waals surface area contributed by atoms with Crippen molar-refractivity contribution in [2.24, 2.45) is 5.18 Å². The van der Waals surface area contributed by atoms with Gasteiger partial charge in [-0.1, -0.05) is 212 Å². The van der Waals surface area contributed by atoms with Crippen molar-refractivity contribution in [1.82, 2.24) is 32.5 Å². The number of para-hydroxylation sites is 2. The molecule has 0 aliphatic rings. The molecule has 0 unspecified atom stereocenters. The zero-order valence-corrected chi connectivity index (χ0v) is 44.5. The Labute approximate surface area is 475 Å². The summed E-state index contributed by atoms with van der Waals surface area (Å²) in [5.41, 5.74) is 21.6. The molecule has 12 aromatic carbocycles. The molecule has 17 rings (SSSR count). The molecule has 0 saturated carbocycles. The van der Waals surface area contributed by atoms with Crippen molar-refractivity contribution in [2.75, 3.05) is 0 Å². The summed E-state index contributed by atoms with van der Waals surface area (Å²) in [6.45, 7) is 0. The fourth-order valence-corrected chi connectivity index (χ4v) is 13.0. The summed E-state index contributed by atoms with van der Waals surface area (Å²) in [7, 11) is 0. The van der Waals surface area contributed by atoms with Crippen LogP contribution in [0.4, 0.5) is 5.69 Å². The van der Waals surface area contributed by atoms with Gasteiger partial charge in [-0.25, -0.2) is 9.97 Å². The van der Waals surface area contributed by atoms with E-state index in [1.165, 1.54) is 0 Å². The normalized spacial score (nSPS) is 11.9. The fraction of sp³-hybridized carbons (Fsp3) is 0. The molecule has 5 heterocycles. The van der Waals surface area contributed by atoms with Crippen LogP contribution in [0, 0.1) is 4.91 Å². The summed E-state index contributed by atoms with van der Waals surface area (Å²) in [4.78, 5) is 26.2. The van der Waals surface area contributed by atoms with Gasteiger partial charge in [-0.15, -0.1) is 4.91 Å². The molecular formula is C74H46N8O. The van der Waals surface area contributed by atoms with Crippen molar-refractivity contribution in [2.45, 2.75) is 0 Å². The maximum Gasteiger partial charge on any atom is 0.220 e. The summed E-state index contributed by atoms with van der Waals surface area (Å²) in [6, 6.07) is 97.7. The highest BCUT2D eigenvalue weighted by molar-refractivity contribution is 6.11. The monoisotopic (exact) mass is 1060 g/mol. The molecule has 0 aliphatic carbocycles. The number of nitroso groups, excluding NO2 is 1. The molecule has 388 valence electrons. The van der Waals surface area contributed by atoms with E-state index in [1.54, 1.807) is 0 Å². The lowest BCUT2D eigenvalue weighted by Crippen LogP contribution is -2.09. The maximum absolute atomic E-state index is 15.0. The van der Waals surface area contributed by atoms with Gasteiger partial charge >= 0.3 is 0 Å². The van der Waals surface area contributed by atoms with Crippen LogP contribution in [0.2, 0.25) is 0 Å². The van der Waals surface area contributed by atoms with Gasteiger partial charge in [0.1, 0.15) is 11.4 Å². The van der Waals surface area contributed by atoms with Crippen molar-refractivity contribution >= 4 is 83.2 Å². The number of nitrogens with zero attached hydrogens (tertiary/aromatic N) is 8. The highest BCUT2D eigenvalue weighted by atomic mass is 16.3. The average molecular weight is 1060 g/mol. The van der Waals surface area contributed by atoms with Crippen molar-refractivity contribution in [3.05, 3.63) is 284 Å². The number of hydrogen-bond donors (Lipinski definition) is 0. The SMILES string of the molecule is O=Nc1c(-c2ccccc2)c(-n2c3ccc(-c4ccccc4)cc3n3c4cc(-c5ccccc5)ccc4nc23)cc(-n2c3ccc(-c4ccccc4)cc3n3c4cc(-c5ccccc5)ccc4nc23)c1-n1c2ccccc2c2ccccc21. The molecule has 0 radical (unpaired) electrons. The number of fused-ring (bicyclic) bond motifs is 13. The standard InChI is InChI=1S/C74H46N8O/c83-77-71-70(51-28-14-5-15-29-51)68(79-62-40-36-54(49-24-10-3-11-25-49)44-66(62)81-64-42-52(47-20-6-1-7-21-47)34-38-58(64)75-73(79)81)46-69(72(71)78-60-32-18-16-30-56(60)57-31-17-19-33-61(57)78)80-63-41-37-55(50-26-12-4-13-27-50)45-67(63)82-65-43-53(48-22-8-2-9-23-48)35-39-59(65)76-74(80)82/h1-46H. The molecule has 83 heavy (non-hydrogen) atoms. The van der Waals surface area contributed by atoms with Gasteiger partial charge in [0.15, 0.2) is 0 Å². The van der Waals surface area contributed by atoms with E-state index in [-0.39, 0.29) is 5.69 Å². The number of imidazole rings is 4. The van der Waals surface area contributed by atoms with Gasteiger partial charge < -0.3 is 4.57 Å². The van der Waals surface area contributed by atoms with Gasteiger partial charge in [0.05, 0.1) is 66.5 Å². The minimum atomic E-state index is 0.266. The van der Waals surface area contributed by atoms with Gasteiger partial charge in [0.25, 0.3) is 0 Å². The third kappa shape index (κ3) is 7.08. The lowest BCUT2D eigenvalue weighted by Gasteiger charge is -2.23. The number of aromatic nitrogens is 7. The molecule has 0 spiro atoms. The van der Waals surface area contributed by atoms with Crippen LogP contribution in [0.25, 0.3) is 150 Å². The Kier molecular flexibility index (Phi) is 10.3. The Morgan fingerprint density at radius 1 is 0.277 bits per heavy atom. The third-order valence-electron chi connectivity index (χ3n) is 16.7. The molecular weight excluding hydrogens is 1020 g/mol. The van der Waals surface area contributed by atoms with Crippen LogP contribution >= 0.6 is 0 Å². The smallest absolute Gasteiger partial charge is 0.220 e. The summed E-state index contributed by atoms with van der Waals surface area (Å²) in [5.74, 6) is 1.36. The van der Waals surface area contributed by atoms with E-state index in [4.69, 9.17) is 9.97 Å². The largest absolute Gasteiger partial charge is 0.305 e. The maximum atomic E-state index is 15.0. The average Bonchev–Trinajstić information content (AvgIpc) is 3.76. The van der Waals surface area contributed by atoms with Crippen LogP contribution < -0.4 is 0 Å². The highest BCUT2D eigenvalue weighted by Crippen LogP contribution is 2.50. The van der Waals surface area contributed by atoms with E-state index >= 15 is 0 Å². The predicted octanol–water partition coefficient (Wildman–Crippen LogP) is 19.0. The van der Waals surface area contributed by atoms with Crippen LogP contribution in [-0.4, -0.2) is 32.5 Å². The lowest BCUT2D eigenvalue weighted by molar-refractivity contribution is 1.04. The zero-order valence-electron chi connectivity index (χ0n) is 44.5.